The van der Waals surface area contributed by atoms with Crippen LogP contribution in [0.4, 0.5) is 5.95 Å². The van der Waals surface area contributed by atoms with E-state index < -0.39 is 5.91 Å². The van der Waals surface area contributed by atoms with Crippen LogP contribution in [0.1, 0.15) is 10.4 Å². The highest BCUT2D eigenvalue weighted by molar-refractivity contribution is 9.10. The molecule has 5 N–H and O–H groups in total. The molecule has 0 atom stereocenters. The topological polar surface area (TPSA) is 111 Å². The number of anilines is 1. The Morgan fingerprint density at radius 2 is 1.85 bits per heavy atom. The number of carbonyl (C=O) groups is 1. The molecule has 128 valence electrons. The molecule has 26 heavy (non-hydrogen) atoms. The number of primary amides is 1. The van der Waals surface area contributed by atoms with E-state index in [1.165, 1.54) is 0 Å². The van der Waals surface area contributed by atoms with Gasteiger partial charge in [0, 0.05) is 44.5 Å². The third-order valence-electron chi connectivity index (χ3n) is 4.20. The minimum absolute atomic E-state index is 0.193. The highest BCUT2D eigenvalue weighted by Gasteiger charge is 2.16. The molecule has 2 aromatic heterocycles. The third kappa shape index (κ3) is 2.72. The van der Waals surface area contributed by atoms with Crippen LogP contribution >= 0.6 is 15.9 Å². The number of nitrogen functional groups attached to an aromatic ring is 1. The first-order chi connectivity index (χ1) is 12.5. The number of aromatic nitrogens is 3. The van der Waals surface area contributed by atoms with Gasteiger partial charge >= 0.3 is 0 Å². The fraction of sp³-hybridized carbons (Fsp3) is 0. The second kappa shape index (κ2) is 6.27. The van der Waals surface area contributed by atoms with Crippen LogP contribution in [0.3, 0.4) is 0 Å². The Morgan fingerprint density at radius 1 is 1.08 bits per heavy atom. The number of hydrogen-bond acceptors (Lipinski definition) is 4. The summed E-state index contributed by atoms with van der Waals surface area (Å²) in [4.78, 5) is 23.2. The van der Waals surface area contributed by atoms with Crippen molar-refractivity contribution in [3.8, 4) is 22.4 Å². The van der Waals surface area contributed by atoms with Crippen molar-refractivity contribution >= 4 is 38.7 Å². The van der Waals surface area contributed by atoms with Crippen molar-refractivity contribution in [3.05, 3.63) is 64.9 Å². The molecule has 0 unspecified atom stereocenters. The van der Waals surface area contributed by atoms with E-state index in [4.69, 9.17) is 11.5 Å². The number of benzene rings is 2. The van der Waals surface area contributed by atoms with E-state index in [1.807, 2.05) is 36.5 Å². The maximum Gasteiger partial charge on any atom is 0.248 e. The molecule has 0 fully saturated rings. The number of amides is 1. The van der Waals surface area contributed by atoms with Gasteiger partial charge in [-0.15, -0.1) is 0 Å². The lowest BCUT2D eigenvalue weighted by Crippen LogP contribution is -2.10. The van der Waals surface area contributed by atoms with Crippen LogP contribution in [0.25, 0.3) is 33.3 Å². The first-order valence-electron chi connectivity index (χ1n) is 7.83. The summed E-state index contributed by atoms with van der Waals surface area (Å²) < 4.78 is 0.957. The monoisotopic (exact) mass is 407 g/mol. The molecule has 0 saturated heterocycles. The van der Waals surface area contributed by atoms with Gasteiger partial charge in [-0.2, -0.15) is 0 Å². The van der Waals surface area contributed by atoms with E-state index in [2.05, 4.69) is 30.9 Å². The molecule has 1 amide bonds. The standard InChI is InChI=1S/C19H14BrN5O/c20-14-2-1-3-15-16(14)13(9-23-15)17-12(8-24-19(22)25-17)10-4-6-11(7-5-10)18(21)26/h1-9,23H,(H2,21,26)(H2,22,24,25). The van der Waals surface area contributed by atoms with Gasteiger partial charge in [0.1, 0.15) is 0 Å². The highest BCUT2D eigenvalue weighted by Crippen LogP contribution is 2.37. The van der Waals surface area contributed by atoms with Gasteiger partial charge in [-0.1, -0.05) is 34.1 Å². The van der Waals surface area contributed by atoms with Gasteiger partial charge in [-0.25, -0.2) is 9.97 Å². The van der Waals surface area contributed by atoms with E-state index in [0.29, 0.717) is 11.3 Å². The normalized spacial score (nSPS) is 11.0. The number of halogens is 1. The Bertz CT molecular complexity index is 1130. The Hall–Kier alpha value is -3.19. The largest absolute Gasteiger partial charge is 0.368 e. The number of fused-ring (bicyclic) bond motifs is 1. The molecule has 0 aliphatic heterocycles. The molecular weight excluding hydrogens is 394 g/mol. The van der Waals surface area contributed by atoms with Gasteiger partial charge in [-0.3, -0.25) is 4.79 Å². The zero-order valence-corrected chi connectivity index (χ0v) is 15.1. The van der Waals surface area contributed by atoms with Crippen molar-refractivity contribution in [3.63, 3.8) is 0 Å². The van der Waals surface area contributed by atoms with Gasteiger partial charge in [0.15, 0.2) is 0 Å². The minimum atomic E-state index is -0.467. The van der Waals surface area contributed by atoms with Crippen LogP contribution in [0, 0.1) is 0 Å². The van der Waals surface area contributed by atoms with Crippen LogP contribution in [0.15, 0.2) is 59.3 Å². The second-order valence-corrected chi connectivity index (χ2v) is 6.65. The van der Waals surface area contributed by atoms with Crippen LogP contribution in [0.2, 0.25) is 0 Å². The lowest BCUT2D eigenvalue weighted by molar-refractivity contribution is 0.100. The minimum Gasteiger partial charge on any atom is -0.368 e. The summed E-state index contributed by atoms with van der Waals surface area (Å²) in [6, 6.07) is 12.9. The number of nitrogens with zero attached hydrogens (tertiary/aromatic N) is 2. The molecule has 2 aromatic carbocycles. The van der Waals surface area contributed by atoms with Crippen LogP contribution in [0.5, 0.6) is 0 Å². The molecule has 0 bridgehead atoms. The number of nitrogens with two attached hydrogens (primary N) is 2. The van der Waals surface area contributed by atoms with Crippen molar-refractivity contribution < 1.29 is 4.79 Å². The van der Waals surface area contributed by atoms with E-state index in [9.17, 15) is 4.79 Å². The van der Waals surface area contributed by atoms with Gasteiger partial charge in [0.2, 0.25) is 11.9 Å². The average Bonchev–Trinajstić information content (AvgIpc) is 3.07. The highest BCUT2D eigenvalue weighted by atomic mass is 79.9. The van der Waals surface area contributed by atoms with E-state index in [1.54, 1.807) is 18.3 Å². The molecule has 7 heteroatoms. The Balaban J connectivity index is 1.94. The molecule has 0 radical (unpaired) electrons. The average molecular weight is 408 g/mol. The van der Waals surface area contributed by atoms with E-state index >= 15 is 0 Å². The van der Waals surface area contributed by atoms with E-state index in [-0.39, 0.29) is 5.95 Å². The summed E-state index contributed by atoms with van der Waals surface area (Å²) in [5.41, 5.74) is 15.9. The number of nitrogens with one attached hydrogen (secondary N) is 1. The first-order valence-corrected chi connectivity index (χ1v) is 8.62. The maximum atomic E-state index is 11.3. The molecule has 0 spiro atoms. The molecule has 0 aliphatic carbocycles. The van der Waals surface area contributed by atoms with Gasteiger partial charge in [-0.05, 0) is 29.8 Å². The first kappa shape index (κ1) is 16.3. The predicted octanol–water partition coefficient (Wildman–Crippen LogP) is 3.74. The Kier molecular flexibility index (Phi) is 3.93. The van der Waals surface area contributed by atoms with Gasteiger partial charge in [0.05, 0.1) is 5.69 Å². The Labute approximate surface area is 157 Å². The lowest BCUT2D eigenvalue weighted by Gasteiger charge is -2.10. The Morgan fingerprint density at radius 3 is 2.58 bits per heavy atom. The summed E-state index contributed by atoms with van der Waals surface area (Å²) in [6.45, 7) is 0. The van der Waals surface area contributed by atoms with E-state index in [0.717, 1.165) is 32.1 Å². The van der Waals surface area contributed by atoms with Crippen LogP contribution in [-0.2, 0) is 0 Å². The quantitative estimate of drug-likeness (QED) is 0.480. The predicted molar refractivity (Wildman–Crippen MR) is 105 cm³/mol. The smallest absolute Gasteiger partial charge is 0.248 e. The molecule has 6 nitrogen and oxygen atoms in total. The molecule has 4 rings (SSSR count). The van der Waals surface area contributed by atoms with Crippen molar-refractivity contribution in [2.45, 2.75) is 0 Å². The third-order valence-corrected chi connectivity index (χ3v) is 4.86. The summed E-state index contributed by atoms with van der Waals surface area (Å²) in [6.07, 6.45) is 3.59. The molecule has 0 saturated carbocycles. The number of H-pyrrole nitrogens is 1. The zero-order valence-electron chi connectivity index (χ0n) is 13.5. The zero-order chi connectivity index (χ0) is 18.3. The number of aromatic amines is 1. The van der Waals surface area contributed by atoms with Gasteiger partial charge in [0.25, 0.3) is 0 Å². The SMILES string of the molecule is NC(=O)c1ccc(-c2cnc(N)nc2-c2c[nH]c3cccc(Br)c23)cc1. The summed E-state index contributed by atoms with van der Waals surface area (Å²) >= 11 is 3.60. The summed E-state index contributed by atoms with van der Waals surface area (Å²) in [7, 11) is 0. The molecule has 4 aromatic rings. The molecular formula is C19H14BrN5O. The van der Waals surface area contributed by atoms with Crippen LogP contribution in [-0.4, -0.2) is 20.9 Å². The van der Waals surface area contributed by atoms with Crippen molar-refractivity contribution in [2.75, 3.05) is 5.73 Å². The fourth-order valence-electron chi connectivity index (χ4n) is 2.95. The summed E-state index contributed by atoms with van der Waals surface area (Å²) in [5, 5.41) is 1.01. The van der Waals surface area contributed by atoms with Crippen LogP contribution < -0.4 is 11.5 Å². The number of carbonyl (C=O) groups excluding carboxylic acids is 1. The number of rotatable bonds is 3. The second-order valence-electron chi connectivity index (χ2n) is 5.80. The van der Waals surface area contributed by atoms with Gasteiger partial charge < -0.3 is 16.5 Å². The molecule has 2 heterocycles. The fourth-order valence-corrected chi connectivity index (χ4v) is 3.53. The van der Waals surface area contributed by atoms with Crippen molar-refractivity contribution in [1.82, 2.24) is 15.0 Å². The van der Waals surface area contributed by atoms with Crippen molar-refractivity contribution in [2.24, 2.45) is 5.73 Å². The molecule has 0 aliphatic rings. The lowest BCUT2D eigenvalue weighted by atomic mass is 9.99. The number of hydrogen-bond donors (Lipinski definition) is 3. The van der Waals surface area contributed by atoms with Crippen molar-refractivity contribution in [1.29, 1.82) is 0 Å². The summed E-state index contributed by atoms with van der Waals surface area (Å²) in [5.74, 6) is -0.273. The maximum absolute atomic E-state index is 11.3.